The normalized spacial score (nSPS) is 20.8. The van der Waals surface area contributed by atoms with Crippen molar-refractivity contribution in [3.05, 3.63) is 71.3 Å². The zero-order chi connectivity index (χ0) is 21.2. The topological polar surface area (TPSA) is 35.5 Å². The minimum atomic E-state index is -4.62. The van der Waals surface area contributed by atoms with Gasteiger partial charge in [0.2, 0.25) is 0 Å². The van der Waals surface area contributed by atoms with Crippen LogP contribution in [0.4, 0.5) is 13.2 Å². The highest BCUT2D eigenvalue weighted by Gasteiger charge is 2.62. The van der Waals surface area contributed by atoms with Gasteiger partial charge >= 0.3 is 12.1 Å². The third kappa shape index (κ3) is 5.12. The van der Waals surface area contributed by atoms with E-state index in [0.29, 0.717) is 17.1 Å². The smallest absolute Gasteiger partial charge is 0.426 e. The highest BCUT2D eigenvalue weighted by atomic mass is 35.5. The molecule has 0 bridgehead atoms. The largest absolute Gasteiger partial charge is 0.461 e. The molecular weight excluding hydrogens is 405 g/mol. The molecule has 2 aromatic rings. The van der Waals surface area contributed by atoms with E-state index in [4.69, 9.17) is 21.1 Å². The van der Waals surface area contributed by atoms with Crippen molar-refractivity contribution in [1.29, 1.82) is 0 Å². The summed E-state index contributed by atoms with van der Waals surface area (Å²) < 4.78 is 49.0. The summed E-state index contributed by atoms with van der Waals surface area (Å²) in [5.41, 5.74) is 0.0754. The summed E-state index contributed by atoms with van der Waals surface area (Å²) in [5, 5.41) is -1.21. The number of rotatable bonds is 6. The average molecular weight is 425 g/mol. The van der Waals surface area contributed by atoms with Crippen LogP contribution in [0, 0.1) is 17.3 Å². The molecule has 3 nitrogen and oxygen atoms in total. The fraction of sp³-hybridized carbons (Fsp3) is 0.318. The molecule has 2 unspecified atom stereocenters. The van der Waals surface area contributed by atoms with E-state index in [2.05, 4.69) is 0 Å². The summed E-state index contributed by atoms with van der Waals surface area (Å²) in [7, 11) is 0. The first-order valence-corrected chi connectivity index (χ1v) is 9.40. The SMILES string of the molecule is CC1(C)C(/C=C(\Cl)C(F)(F)F)C1C(=O)OCc1cccc(Oc2ccccc2)c1. The van der Waals surface area contributed by atoms with E-state index in [9.17, 15) is 18.0 Å². The van der Waals surface area contributed by atoms with Gasteiger partial charge in [-0.25, -0.2) is 0 Å². The average Bonchev–Trinajstić information content (AvgIpc) is 3.20. The Kier molecular flexibility index (Phi) is 5.94. The Hall–Kier alpha value is -2.47. The van der Waals surface area contributed by atoms with Gasteiger partial charge in [0, 0.05) is 0 Å². The number of para-hydroxylation sites is 1. The van der Waals surface area contributed by atoms with Crippen molar-refractivity contribution in [2.24, 2.45) is 17.3 Å². The van der Waals surface area contributed by atoms with Crippen molar-refractivity contribution in [2.45, 2.75) is 26.6 Å². The number of carbonyl (C=O) groups excluding carboxylic acids is 1. The van der Waals surface area contributed by atoms with Crippen LogP contribution in [0.2, 0.25) is 0 Å². The Morgan fingerprint density at radius 3 is 2.41 bits per heavy atom. The first-order valence-electron chi connectivity index (χ1n) is 9.02. The molecule has 0 saturated heterocycles. The Morgan fingerprint density at radius 2 is 1.76 bits per heavy atom. The standard InChI is InChI=1S/C22H20ClF3O3/c1-21(2)17(12-18(23)22(24,25)26)19(21)20(27)28-13-14-7-6-10-16(11-14)29-15-8-4-3-5-9-15/h3-12,17,19H,13H2,1-2H3/b18-12-. The molecule has 0 amide bonds. The molecule has 0 aliphatic heterocycles. The number of alkyl halides is 3. The fourth-order valence-corrected chi connectivity index (χ4v) is 3.39. The van der Waals surface area contributed by atoms with Crippen LogP contribution in [0.1, 0.15) is 19.4 Å². The van der Waals surface area contributed by atoms with E-state index in [1.807, 2.05) is 30.3 Å². The summed E-state index contributed by atoms with van der Waals surface area (Å²) >= 11 is 5.32. The molecule has 154 valence electrons. The number of hydrogen-bond acceptors (Lipinski definition) is 3. The van der Waals surface area contributed by atoms with Crippen molar-refractivity contribution in [1.82, 2.24) is 0 Å². The summed E-state index contributed by atoms with van der Waals surface area (Å²) in [4.78, 5) is 12.4. The lowest BCUT2D eigenvalue weighted by atomic mass is 10.1. The predicted molar refractivity (Wildman–Crippen MR) is 104 cm³/mol. The van der Waals surface area contributed by atoms with Crippen LogP contribution < -0.4 is 4.74 Å². The molecule has 1 aliphatic rings. The number of halogens is 4. The van der Waals surface area contributed by atoms with E-state index >= 15 is 0 Å². The molecule has 0 spiro atoms. The fourth-order valence-electron chi connectivity index (χ4n) is 3.26. The van der Waals surface area contributed by atoms with Gasteiger partial charge in [0.25, 0.3) is 0 Å². The van der Waals surface area contributed by atoms with Crippen molar-refractivity contribution >= 4 is 17.6 Å². The molecule has 7 heteroatoms. The van der Waals surface area contributed by atoms with Gasteiger partial charge in [-0.15, -0.1) is 0 Å². The summed E-state index contributed by atoms with van der Waals surface area (Å²) in [6.45, 7) is 3.44. The molecule has 1 fully saturated rings. The quantitative estimate of drug-likeness (QED) is 0.498. The van der Waals surface area contributed by atoms with Crippen molar-refractivity contribution in [3.8, 4) is 11.5 Å². The minimum Gasteiger partial charge on any atom is -0.461 e. The first kappa shape index (κ1) is 21.2. The van der Waals surface area contributed by atoms with E-state index < -0.39 is 34.4 Å². The second-order valence-corrected chi connectivity index (χ2v) is 7.91. The summed E-state index contributed by atoms with van der Waals surface area (Å²) in [6.07, 6.45) is -3.71. The molecule has 0 aromatic heterocycles. The van der Waals surface area contributed by atoms with E-state index in [1.54, 1.807) is 38.1 Å². The zero-order valence-electron chi connectivity index (χ0n) is 15.9. The van der Waals surface area contributed by atoms with Crippen LogP contribution in [-0.4, -0.2) is 12.1 Å². The number of hydrogen-bond donors (Lipinski definition) is 0. The van der Waals surface area contributed by atoms with Gasteiger partial charge in [-0.2, -0.15) is 13.2 Å². The van der Waals surface area contributed by atoms with Gasteiger partial charge in [0.05, 0.1) is 5.92 Å². The Balaban J connectivity index is 1.60. The molecule has 0 heterocycles. The number of esters is 1. The molecule has 2 aromatic carbocycles. The Morgan fingerprint density at radius 1 is 1.10 bits per heavy atom. The van der Waals surface area contributed by atoms with E-state index in [0.717, 1.165) is 6.08 Å². The zero-order valence-corrected chi connectivity index (χ0v) is 16.6. The highest BCUT2D eigenvalue weighted by molar-refractivity contribution is 6.30. The van der Waals surface area contributed by atoms with Gasteiger partial charge < -0.3 is 9.47 Å². The van der Waals surface area contributed by atoms with E-state index in [-0.39, 0.29) is 6.61 Å². The monoisotopic (exact) mass is 424 g/mol. The van der Waals surface area contributed by atoms with Gasteiger partial charge in [-0.1, -0.05) is 61.9 Å². The Labute approximate surface area is 172 Å². The van der Waals surface area contributed by atoms with Gasteiger partial charge in [-0.05, 0) is 41.2 Å². The van der Waals surface area contributed by atoms with Gasteiger partial charge in [0.1, 0.15) is 23.1 Å². The maximum atomic E-state index is 12.7. The van der Waals surface area contributed by atoms with Crippen LogP contribution in [0.3, 0.4) is 0 Å². The molecule has 0 radical (unpaired) electrons. The second-order valence-electron chi connectivity index (χ2n) is 7.51. The van der Waals surface area contributed by atoms with Crippen LogP contribution in [0.5, 0.6) is 11.5 Å². The third-order valence-electron chi connectivity index (χ3n) is 5.02. The Bertz CT molecular complexity index is 907. The number of allylic oxidation sites excluding steroid dienone is 2. The minimum absolute atomic E-state index is 0.000834. The molecule has 29 heavy (non-hydrogen) atoms. The maximum absolute atomic E-state index is 12.7. The molecule has 1 aliphatic carbocycles. The summed E-state index contributed by atoms with van der Waals surface area (Å²) in [5.74, 6) is -0.552. The van der Waals surface area contributed by atoms with Gasteiger partial charge in [-0.3, -0.25) is 4.79 Å². The molecule has 3 rings (SSSR count). The van der Waals surface area contributed by atoms with Crippen molar-refractivity contribution < 1.29 is 27.4 Å². The van der Waals surface area contributed by atoms with Crippen LogP contribution in [0.25, 0.3) is 0 Å². The first-order chi connectivity index (χ1) is 13.6. The molecular formula is C22H20ClF3O3. The molecule has 2 atom stereocenters. The maximum Gasteiger partial charge on any atom is 0.426 e. The number of ether oxygens (including phenoxy) is 2. The lowest BCUT2D eigenvalue weighted by Gasteiger charge is -2.09. The third-order valence-corrected chi connectivity index (χ3v) is 5.36. The highest BCUT2D eigenvalue weighted by Crippen LogP contribution is 2.60. The predicted octanol–water partition coefficient (Wildman–Crippen LogP) is 6.48. The van der Waals surface area contributed by atoms with Crippen molar-refractivity contribution in [2.75, 3.05) is 0 Å². The molecule has 0 N–H and O–H groups in total. The van der Waals surface area contributed by atoms with E-state index in [1.165, 1.54) is 0 Å². The van der Waals surface area contributed by atoms with Crippen LogP contribution >= 0.6 is 11.6 Å². The van der Waals surface area contributed by atoms with Crippen LogP contribution in [0.15, 0.2) is 65.7 Å². The lowest BCUT2D eigenvalue weighted by Crippen LogP contribution is -2.11. The number of benzene rings is 2. The van der Waals surface area contributed by atoms with Crippen molar-refractivity contribution in [3.63, 3.8) is 0 Å². The second kappa shape index (κ2) is 8.11. The number of carbonyl (C=O) groups is 1. The van der Waals surface area contributed by atoms with Crippen LogP contribution in [-0.2, 0) is 16.1 Å². The summed E-state index contributed by atoms with van der Waals surface area (Å²) in [6, 6.07) is 16.3. The molecule has 1 saturated carbocycles. The van der Waals surface area contributed by atoms with Gasteiger partial charge in [0.15, 0.2) is 0 Å². The lowest BCUT2D eigenvalue weighted by molar-refractivity contribution is -0.147.